The molecule has 2 aliphatic heterocycles. The van der Waals surface area contributed by atoms with Crippen LogP contribution in [0.15, 0.2) is 60.7 Å². The smallest absolute Gasteiger partial charge is 0.407 e. The quantitative estimate of drug-likeness (QED) is 0.365. The van der Waals surface area contributed by atoms with Crippen molar-refractivity contribution in [2.24, 2.45) is 0 Å². The van der Waals surface area contributed by atoms with Gasteiger partial charge in [-0.05, 0) is 49.7 Å². The van der Waals surface area contributed by atoms with E-state index in [0.717, 1.165) is 50.9 Å². The summed E-state index contributed by atoms with van der Waals surface area (Å²) in [7, 11) is 0. The van der Waals surface area contributed by atoms with E-state index in [0.29, 0.717) is 38.8 Å². The summed E-state index contributed by atoms with van der Waals surface area (Å²) >= 11 is 0. The summed E-state index contributed by atoms with van der Waals surface area (Å²) in [5.74, 6) is -0.00775. The molecular weight excluding hydrogens is 504 g/mol. The molecular formula is C32H44N4O4. The Morgan fingerprint density at radius 1 is 0.950 bits per heavy atom. The molecule has 40 heavy (non-hydrogen) atoms. The molecule has 4 rings (SSSR count). The maximum absolute atomic E-state index is 13.7. The van der Waals surface area contributed by atoms with Crippen molar-refractivity contribution >= 4 is 17.9 Å². The second-order valence-electron chi connectivity index (χ2n) is 11.0. The third kappa shape index (κ3) is 7.84. The van der Waals surface area contributed by atoms with Crippen LogP contribution in [-0.2, 0) is 27.4 Å². The van der Waals surface area contributed by atoms with Crippen LogP contribution in [0.4, 0.5) is 4.79 Å². The predicted molar refractivity (Wildman–Crippen MR) is 156 cm³/mol. The third-order valence-corrected chi connectivity index (χ3v) is 8.19. The van der Waals surface area contributed by atoms with Gasteiger partial charge in [-0.3, -0.25) is 9.59 Å². The fourth-order valence-electron chi connectivity index (χ4n) is 5.76. The highest BCUT2D eigenvalue weighted by Crippen LogP contribution is 2.34. The summed E-state index contributed by atoms with van der Waals surface area (Å²) in [5, 5.41) is 5.81. The Balaban J connectivity index is 1.27. The lowest BCUT2D eigenvalue weighted by Crippen LogP contribution is -2.73. The number of ether oxygens (including phenoxy) is 1. The number of benzene rings is 2. The first-order valence-corrected chi connectivity index (χ1v) is 14.8. The van der Waals surface area contributed by atoms with Gasteiger partial charge in [0, 0.05) is 32.7 Å². The Kier molecular flexibility index (Phi) is 11.0. The van der Waals surface area contributed by atoms with Gasteiger partial charge in [-0.1, -0.05) is 80.4 Å². The van der Waals surface area contributed by atoms with Crippen LogP contribution in [0.5, 0.6) is 0 Å². The number of carbonyl (C=O) groups is 3. The molecule has 2 aromatic rings. The van der Waals surface area contributed by atoms with Gasteiger partial charge in [0.15, 0.2) is 0 Å². The molecule has 0 aliphatic carbocycles. The monoisotopic (exact) mass is 548 g/mol. The molecule has 2 N–H and O–H groups in total. The standard InChI is InChI=1S/C32H44N4O4/c1-2-3-10-21-36-29(37)28(16-11-20-33-31(39)40-25-27-14-8-5-9-15-27)34-30(38)32(36)18-23-35(24-19-32)22-17-26-12-6-4-7-13-26/h4-9,12-15,28H,2-3,10-11,16-25H2,1H3,(H,33,39)(H,34,38)/t28-/m0/s1. The van der Waals surface area contributed by atoms with E-state index in [1.807, 2.05) is 41.3 Å². The van der Waals surface area contributed by atoms with Gasteiger partial charge in [0.2, 0.25) is 11.8 Å². The van der Waals surface area contributed by atoms with Crippen LogP contribution in [0.2, 0.25) is 0 Å². The molecule has 0 radical (unpaired) electrons. The molecule has 0 bridgehead atoms. The van der Waals surface area contributed by atoms with E-state index in [4.69, 9.17) is 4.74 Å². The van der Waals surface area contributed by atoms with E-state index in [2.05, 4.69) is 46.7 Å². The molecule has 8 heteroatoms. The van der Waals surface area contributed by atoms with Crippen LogP contribution in [0.3, 0.4) is 0 Å². The highest BCUT2D eigenvalue weighted by molar-refractivity contribution is 6.00. The number of unbranched alkanes of at least 4 members (excludes halogenated alkanes) is 2. The minimum absolute atomic E-state index is 0.0140. The van der Waals surface area contributed by atoms with Crippen molar-refractivity contribution in [1.29, 1.82) is 0 Å². The topological polar surface area (TPSA) is 91.0 Å². The number of nitrogens with zero attached hydrogens (tertiary/aromatic N) is 2. The van der Waals surface area contributed by atoms with Gasteiger partial charge in [0.05, 0.1) is 0 Å². The average molecular weight is 549 g/mol. The Bertz CT molecular complexity index is 1090. The van der Waals surface area contributed by atoms with E-state index in [-0.39, 0.29) is 18.4 Å². The number of likely N-dealkylation sites (tertiary alicyclic amines) is 1. The Morgan fingerprint density at radius 2 is 1.62 bits per heavy atom. The first kappa shape index (κ1) is 29.6. The van der Waals surface area contributed by atoms with Gasteiger partial charge in [-0.25, -0.2) is 4.79 Å². The zero-order valence-electron chi connectivity index (χ0n) is 23.8. The number of rotatable bonds is 13. The number of carbonyl (C=O) groups excluding carboxylic acids is 3. The zero-order valence-corrected chi connectivity index (χ0v) is 23.8. The highest BCUT2D eigenvalue weighted by atomic mass is 16.5. The van der Waals surface area contributed by atoms with Crippen LogP contribution in [0.1, 0.15) is 63.0 Å². The fraction of sp³-hybridized carbons (Fsp3) is 0.531. The Morgan fingerprint density at radius 3 is 2.30 bits per heavy atom. The average Bonchev–Trinajstić information content (AvgIpc) is 2.99. The first-order chi connectivity index (χ1) is 19.5. The van der Waals surface area contributed by atoms with Crippen molar-refractivity contribution in [3.63, 3.8) is 0 Å². The number of alkyl carbamates (subject to hydrolysis) is 1. The lowest BCUT2D eigenvalue weighted by molar-refractivity contribution is -0.161. The Hall–Kier alpha value is -3.39. The molecule has 3 amide bonds. The summed E-state index contributed by atoms with van der Waals surface area (Å²) in [4.78, 5) is 43.7. The molecule has 2 saturated heterocycles. The summed E-state index contributed by atoms with van der Waals surface area (Å²) in [6, 6.07) is 19.4. The molecule has 8 nitrogen and oxygen atoms in total. The number of piperazine rings is 1. The van der Waals surface area contributed by atoms with Crippen molar-refractivity contribution in [2.75, 3.05) is 32.7 Å². The van der Waals surface area contributed by atoms with Crippen LogP contribution in [0.25, 0.3) is 0 Å². The molecule has 2 fully saturated rings. The van der Waals surface area contributed by atoms with Crippen molar-refractivity contribution in [3.8, 4) is 0 Å². The number of hydrogen-bond acceptors (Lipinski definition) is 5. The molecule has 0 saturated carbocycles. The molecule has 2 heterocycles. The highest BCUT2D eigenvalue weighted by Gasteiger charge is 2.53. The van der Waals surface area contributed by atoms with Gasteiger partial charge in [-0.2, -0.15) is 0 Å². The molecule has 1 atom stereocenters. The normalized spacial score (nSPS) is 18.9. The molecule has 2 aliphatic rings. The van der Waals surface area contributed by atoms with E-state index in [1.54, 1.807) is 0 Å². The van der Waals surface area contributed by atoms with Crippen LogP contribution < -0.4 is 10.6 Å². The third-order valence-electron chi connectivity index (χ3n) is 8.19. The van der Waals surface area contributed by atoms with Gasteiger partial charge < -0.3 is 25.2 Å². The van der Waals surface area contributed by atoms with Crippen LogP contribution in [0, 0.1) is 0 Å². The van der Waals surface area contributed by atoms with Gasteiger partial charge in [0.1, 0.15) is 18.2 Å². The van der Waals surface area contributed by atoms with Crippen LogP contribution >= 0.6 is 0 Å². The van der Waals surface area contributed by atoms with Crippen molar-refractivity contribution < 1.29 is 19.1 Å². The Labute approximate surface area is 238 Å². The summed E-state index contributed by atoms with van der Waals surface area (Å²) < 4.78 is 5.26. The second kappa shape index (κ2) is 14.8. The number of piperidine rings is 1. The lowest BCUT2D eigenvalue weighted by atomic mass is 9.81. The SMILES string of the molecule is CCCCCN1C(=O)[C@H](CCCNC(=O)OCc2ccccc2)NC(=O)C12CCN(CCc1ccccc1)CC2. The number of hydrogen-bond donors (Lipinski definition) is 2. The fourth-order valence-corrected chi connectivity index (χ4v) is 5.76. The minimum Gasteiger partial charge on any atom is -0.445 e. The predicted octanol–water partition coefficient (Wildman–Crippen LogP) is 4.29. The van der Waals surface area contributed by atoms with Gasteiger partial charge in [-0.15, -0.1) is 0 Å². The second-order valence-corrected chi connectivity index (χ2v) is 11.0. The lowest BCUT2D eigenvalue weighted by Gasteiger charge is -2.51. The summed E-state index contributed by atoms with van der Waals surface area (Å²) in [6.07, 6.45) is 5.86. The van der Waals surface area contributed by atoms with Crippen molar-refractivity contribution in [3.05, 3.63) is 71.8 Å². The van der Waals surface area contributed by atoms with E-state index < -0.39 is 17.7 Å². The van der Waals surface area contributed by atoms with Gasteiger partial charge >= 0.3 is 6.09 Å². The molecule has 1 spiro atoms. The zero-order chi connectivity index (χ0) is 28.2. The maximum atomic E-state index is 13.7. The van der Waals surface area contributed by atoms with Crippen molar-refractivity contribution in [1.82, 2.24) is 20.4 Å². The first-order valence-electron chi connectivity index (χ1n) is 14.8. The van der Waals surface area contributed by atoms with E-state index in [1.165, 1.54) is 5.56 Å². The van der Waals surface area contributed by atoms with Crippen molar-refractivity contribution in [2.45, 2.75) is 76.5 Å². The van der Waals surface area contributed by atoms with E-state index in [9.17, 15) is 14.4 Å². The molecule has 216 valence electrons. The largest absolute Gasteiger partial charge is 0.445 e. The van der Waals surface area contributed by atoms with Crippen LogP contribution in [-0.4, -0.2) is 72.0 Å². The molecule has 2 aromatic carbocycles. The number of amides is 3. The minimum atomic E-state index is -0.760. The molecule has 0 aromatic heterocycles. The maximum Gasteiger partial charge on any atom is 0.407 e. The summed E-state index contributed by atoms with van der Waals surface area (Å²) in [5.41, 5.74) is 1.48. The molecule has 0 unspecified atom stereocenters. The van der Waals surface area contributed by atoms with Gasteiger partial charge in [0.25, 0.3) is 0 Å². The summed E-state index contributed by atoms with van der Waals surface area (Å²) in [6.45, 7) is 5.91. The van der Waals surface area contributed by atoms with E-state index >= 15 is 0 Å². The number of nitrogens with one attached hydrogen (secondary N) is 2.